The second-order valence-corrected chi connectivity index (χ2v) is 6.18. The number of nitrogens with one attached hydrogen (secondary N) is 2. The third-order valence-electron chi connectivity index (χ3n) is 4.37. The zero-order valence-corrected chi connectivity index (χ0v) is 14.2. The van der Waals surface area contributed by atoms with Gasteiger partial charge in [-0.1, -0.05) is 6.07 Å². The second-order valence-electron chi connectivity index (χ2n) is 6.18. The lowest BCUT2D eigenvalue weighted by Crippen LogP contribution is -2.38. The lowest BCUT2D eigenvalue weighted by molar-refractivity contribution is 0.236. The molecule has 0 saturated carbocycles. The van der Waals surface area contributed by atoms with E-state index in [0.717, 1.165) is 30.4 Å². The fourth-order valence-electron chi connectivity index (χ4n) is 3.00. The first kappa shape index (κ1) is 17.2. The second kappa shape index (κ2) is 7.96. The van der Waals surface area contributed by atoms with Gasteiger partial charge in [-0.25, -0.2) is 9.18 Å². The molecular weight excluding hydrogens is 321 g/mol. The molecular formula is C19H22FN3O2. The van der Waals surface area contributed by atoms with E-state index in [4.69, 9.17) is 4.74 Å². The Kier molecular flexibility index (Phi) is 5.48. The number of ether oxygens (including phenoxy) is 1. The quantitative estimate of drug-likeness (QED) is 0.895. The van der Waals surface area contributed by atoms with E-state index < -0.39 is 0 Å². The van der Waals surface area contributed by atoms with Crippen LogP contribution in [0.1, 0.15) is 35.6 Å². The first-order chi connectivity index (χ1) is 12.1. The number of aromatic nitrogens is 1. The van der Waals surface area contributed by atoms with Crippen LogP contribution in [0.25, 0.3) is 0 Å². The molecule has 3 rings (SSSR count). The molecule has 6 heteroatoms. The van der Waals surface area contributed by atoms with Crippen molar-refractivity contribution in [1.29, 1.82) is 0 Å². The van der Waals surface area contributed by atoms with Gasteiger partial charge in [-0.3, -0.25) is 4.98 Å². The van der Waals surface area contributed by atoms with Crippen molar-refractivity contribution in [3.05, 3.63) is 59.2 Å². The third-order valence-corrected chi connectivity index (χ3v) is 4.37. The van der Waals surface area contributed by atoms with Gasteiger partial charge in [-0.15, -0.1) is 0 Å². The van der Waals surface area contributed by atoms with Crippen molar-refractivity contribution in [3.8, 4) is 5.75 Å². The highest BCUT2D eigenvalue weighted by Gasteiger charge is 2.21. The molecule has 1 atom stereocenters. The average molecular weight is 343 g/mol. The lowest BCUT2D eigenvalue weighted by Gasteiger charge is -2.19. The Balaban J connectivity index is 1.57. The van der Waals surface area contributed by atoms with Gasteiger partial charge in [-0.05, 0) is 49.4 Å². The molecule has 0 spiro atoms. The molecule has 0 aliphatic carbocycles. The monoisotopic (exact) mass is 343 g/mol. The summed E-state index contributed by atoms with van der Waals surface area (Å²) in [6, 6.07) is 6.00. The van der Waals surface area contributed by atoms with Crippen molar-refractivity contribution in [1.82, 2.24) is 15.6 Å². The van der Waals surface area contributed by atoms with Crippen LogP contribution in [0.5, 0.6) is 5.75 Å². The number of aryl methyl sites for hydroxylation is 1. The maximum Gasteiger partial charge on any atom is 0.315 e. The number of hydrogen-bond donors (Lipinski definition) is 2. The number of rotatable bonds is 4. The summed E-state index contributed by atoms with van der Waals surface area (Å²) in [6.07, 6.45) is 5.88. The van der Waals surface area contributed by atoms with E-state index in [-0.39, 0.29) is 17.9 Å². The van der Waals surface area contributed by atoms with Gasteiger partial charge in [-0.2, -0.15) is 0 Å². The predicted molar refractivity (Wildman–Crippen MR) is 93.1 cm³/mol. The number of halogens is 1. The number of nitrogens with zero attached hydrogens (tertiary/aromatic N) is 1. The molecule has 1 aliphatic rings. The molecule has 132 valence electrons. The van der Waals surface area contributed by atoms with Gasteiger partial charge in [0.2, 0.25) is 0 Å². The van der Waals surface area contributed by atoms with Crippen molar-refractivity contribution in [2.45, 2.75) is 32.2 Å². The van der Waals surface area contributed by atoms with Crippen molar-refractivity contribution < 1.29 is 13.9 Å². The maximum atomic E-state index is 13.4. The first-order valence-electron chi connectivity index (χ1n) is 8.49. The summed E-state index contributed by atoms with van der Waals surface area (Å²) in [5.41, 5.74) is 3.10. The molecule has 1 aromatic carbocycles. The molecule has 25 heavy (non-hydrogen) atoms. The molecule has 1 aliphatic heterocycles. The zero-order chi connectivity index (χ0) is 17.6. The van der Waals surface area contributed by atoms with E-state index in [1.165, 1.54) is 17.7 Å². The van der Waals surface area contributed by atoms with Crippen LogP contribution in [0.4, 0.5) is 9.18 Å². The fraction of sp³-hybridized carbons (Fsp3) is 0.368. The number of carbonyl (C=O) groups excluding carboxylic acids is 1. The van der Waals surface area contributed by atoms with Crippen LogP contribution in [-0.4, -0.2) is 24.2 Å². The molecule has 1 aromatic heterocycles. The van der Waals surface area contributed by atoms with Crippen molar-refractivity contribution in [3.63, 3.8) is 0 Å². The highest BCUT2D eigenvalue weighted by atomic mass is 19.1. The molecule has 2 heterocycles. The van der Waals surface area contributed by atoms with Crippen LogP contribution in [0, 0.1) is 12.7 Å². The summed E-state index contributed by atoms with van der Waals surface area (Å²) in [7, 11) is 0. The molecule has 0 fully saturated rings. The minimum absolute atomic E-state index is 0.180. The van der Waals surface area contributed by atoms with E-state index in [2.05, 4.69) is 15.6 Å². The lowest BCUT2D eigenvalue weighted by atomic mass is 10.0. The molecule has 0 bridgehead atoms. The van der Waals surface area contributed by atoms with Crippen LogP contribution in [0.3, 0.4) is 0 Å². The largest absolute Gasteiger partial charge is 0.493 e. The summed E-state index contributed by atoms with van der Waals surface area (Å²) < 4.78 is 19.0. The van der Waals surface area contributed by atoms with Gasteiger partial charge in [0.25, 0.3) is 0 Å². The summed E-state index contributed by atoms with van der Waals surface area (Å²) in [6.45, 7) is 3.07. The molecule has 0 radical (unpaired) electrons. The van der Waals surface area contributed by atoms with Crippen molar-refractivity contribution >= 4 is 6.03 Å². The number of carbonyl (C=O) groups is 1. The topological polar surface area (TPSA) is 63.2 Å². The Hall–Kier alpha value is -2.63. The van der Waals surface area contributed by atoms with Gasteiger partial charge in [0.15, 0.2) is 0 Å². The number of hydrogen-bond acceptors (Lipinski definition) is 3. The van der Waals surface area contributed by atoms with E-state index in [1.54, 1.807) is 12.3 Å². The summed E-state index contributed by atoms with van der Waals surface area (Å²) in [5.74, 6) is 0.173. The Morgan fingerprint density at radius 3 is 3.12 bits per heavy atom. The maximum absolute atomic E-state index is 13.4. The number of amides is 2. The van der Waals surface area contributed by atoms with Crippen molar-refractivity contribution in [2.24, 2.45) is 0 Å². The Morgan fingerprint density at radius 2 is 2.28 bits per heavy atom. The van der Waals surface area contributed by atoms with Crippen LogP contribution in [0.2, 0.25) is 0 Å². The van der Waals surface area contributed by atoms with Crippen LogP contribution >= 0.6 is 0 Å². The number of benzene rings is 1. The zero-order valence-electron chi connectivity index (χ0n) is 14.2. The smallest absolute Gasteiger partial charge is 0.315 e. The van der Waals surface area contributed by atoms with E-state index >= 15 is 0 Å². The van der Waals surface area contributed by atoms with Gasteiger partial charge in [0.05, 0.1) is 12.6 Å². The minimum atomic E-state index is -0.337. The number of urea groups is 1. The van der Waals surface area contributed by atoms with E-state index in [0.29, 0.717) is 18.9 Å². The molecule has 2 amide bonds. The van der Waals surface area contributed by atoms with Gasteiger partial charge < -0.3 is 15.4 Å². The van der Waals surface area contributed by atoms with Gasteiger partial charge in [0.1, 0.15) is 11.6 Å². The van der Waals surface area contributed by atoms with Crippen molar-refractivity contribution in [2.75, 3.05) is 13.2 Å². The molecule has 2 N–H and O–H groups in total. The summed E-state index contributed by atoms with van der Waals surface area (Å²) >= 11 is 0. The molecule has 5 nitrogen and oxygen atoms in total. The Morgan fingerprint density at radius 1 is 1.40 bits per heavy atom. The van der Waals surface area contributed by atoms with Crippen LogP contribution in [0.15, 0.2) is 36.7 Å². The van der Waals surface area contributed by atoms with Crippen LogP contribution in [-0.2, 0) is 6.42 Å². The predicted octanol–water partition coefficient (Wildman–Crippen LogP) is 3.28. The standard InChI is InChI=1S/C19H22FN3O2/c1-13-12-21-8-6-14(13)7-9-22-19(24)23-17-3-2-10-25-18-11-15(20)4-5-16(17)18/h4-6,8,11-12,17H,2-3,7,9-10H2,1H3,(H2,22,23,24)/t17-/m1/s1. The molecule has 0 unspecified atom stereocenters. The SMILES string of the molecule is Cc1cnccc1CCNC(=O)N[C@@H]1CCCOc2cc(F)ccc21. The fourth-order valence-corrected chi connectivity index (χ4v) is 3.00. The Bertz CT molecular complexity index is 751. The highest BCUT2D eigenvalue weighted by molar-refractivity contribution is 5.74. The summed E-state index contributed by atoms with van der Waals surface area (Å²) in [5, 5.41) is 5.85. The number of pyridine rings is 1. The van der Waals surface area contributed by atoms with Crippen LogP contribution < -0.4 is 15.4 Å². The first-order valence-corrected chi connectivity index (χ1v) is 8.49. The molecule has 2 aromatic rings. The average Bonchev–Trinajstić information content (AvgIpc) is 2.78. The Labute approximate surface area is 146 Å². The minimum Gasteiger partial charge on any atom is -0.493 e. The highest BCUT2D eigenvalue weighted by Crippen LogP contribution is 2.31. The third kappa shape index (κ3) is 4.47. The summed E-state index contributed by atoms with van der Waals surface area (Å²) in [4.78, 5) is 16.3. The van der Waals surface area contributed by atoms with E-state index in [1.807, 2.05) is 19.2 Å². The normalized spacial score (nSPS) is 16.3. The van der Waals surface area contributed by atoms with Gasteiger partial charge >= 0.3 is 6.03 Å². The van der Waals surface area contributed by atoms with Gasteiger partial charge in [0, 0.05) is 30.6 Å². The van der Waals surface area contributed by atoms with E-state index in [9.17, 15) is 9.18 Å². The molecule has 0 saturated heterocycles. The number of fused-ring (bicyclic) bond motifs is 1.